The van der Waals surface area contributed by atoms with E-state index in [1.165, 1.54) is 0 Å². The minimum Gasteiger partial charge on any atom is -0.378 e. The van der Waals surface area contributed by atoms with Crippen LogP contribution in [0.4, 0.5) is 23.3 Å². The number of rotatable bonds is 4. The first-order chi connectivity index (χ1) is 12.4. The van der Waals surface area contributed by atoms with Crippen LogP contribution in [0, 0.1) is 10.1 Å². The van der Waals surface area contributed by atoms with Gasteiger partial charge in [0.15, 0.2) is 0 Å². The molecule has 0 bridgehead atoms. The van der Waals surface area contributed by atoms with Crippen LogP contribution in [-0.2, 0) is 4.74 Å². The molecule has 2 aliphatic heterocycles. The Hall–Kier alpha value is -2.20. The van der Waals surface area contributed by atoms with E-state index in [9.17, 15) is 10.1 Å². The summed E-state index contributed by atoms with van der Waals surface area (Å²) in [4.78, 5) is 26.1. The van der Waals surface area contributed by atoms with Crippen molar-refractivity contribution in [2.75, 3.05) is 61.3 Å². The Labute approximate surface area is 153 Å². The van der Waals surface area contributed by atoms with Gasteiger partial charge in [-0.3, -0.25) is 10.1 Å². The van der Waals surface area contributed by atoms with E-state index >= 15 is 0 Å². The van der Waals surface area contributed by atoms with Gasteiger partial charge in [0.05, 0.1) is 17.1 Å². The van der Waals surface area contributed by atoms with Crippen LogP contribution in [0.2, 0.25) is 0 Å². The number of hydrogen-bond donors (Lipinski definition) is 1. The lowest BCUT2D eigenvalue weighted by molar-refractivity contribution is -0.383. The van der Waals surface area contributed by atoms with Gasteiger partial charge >= 0.3 is 5.69 Å². The maximum Gasteiger partial charge on any atom is 0.353 e. The van der Waals surface area contributed by atoms with Gasteiger partial charge in [0, 0.05) is 39.3 Å². The molecule has 0 radical (unpaired) electrons. The number of nitrogen functional groups attached to an aromatic ring is 1. The van der Waals surface area contributed by atoms with Gasteiger partial charge < -0.3 is 25.2 Å². The third-order valence-corrected chi connectivity index (χ3v) is 4.88. The molecule has 10 heteroatoms. The average Bonchev–Trinajstić information content (AvgIpc) is 2.60. The predicted molar refractivity (Wildman–Crippen MR) is 99.6 cm³/mol. The molecule has 2 saturated heterocycles. The second-order valence-electron chi connectivity index (χ2n) is 6.92. The fourth-order valence-corrected chi connectivity index (χ4v) is 3.60. The smallest absolute Gasteiger partial charge is 0.353 e. The molecule has 2 N–H and O–H groups in total. The van der Waals surface area contributed by atoms with E-state index in [1.807, 2.05) is 23.6 Å². The van der Waals surface area contributed by atoms with Crippen molar-refractivity contribution in [3.8, 4) is 0 Å². The number of likely N-dealkylation sites (N-methyl/N-ethyl adjacent to an activating group) is 1. The van der Waals surface area contributed by atoms with Gasteiger partial charge in [0.25, 0.3) is 0 Å². The van der Waals surface area contributed by atoms with E-state index in [-0.39, 0.29) is 23.7 Å². The first kappa shape index (κ1) is 18.6. The monoisotopic (exact) mass is 365 g/mol. The van der Waals surface area contributed by atoms with E-state index in [0.29, 0.717) is 37.9 Å². The number of morpholine rings is 1. The fourth-order valence-electron chi connectivity index (χ4n) is 3.60. The third-order valence-electron chi connectivity index (χ3n) is 4.88. The predicted octanol–water partition coefficient (Wildman–Crippen LogP) is 0.723. The second kappa shape index (κ2) is 7.58. The van der Waals surface area contributed by atoms with Gasteiger partial charge in [-0.05, 0) is 20.4 Å². The first-order valence-electron chi connectivity index (χ1n) is 9.08. The summed E-state index contributed by atoms with van der Waals surface area (Å²) in [6.07, 6.45) is 0.0747. The summed E-state index contributed by atoms with van der Waals surface area (Å²) in [5, 5.41) is 11.6. The van der Waals surface area contributed by atoms with Crippen LogP contribution >= 0.6 is 0 Å². The molecular weight excluding hydrogens is 338 g/mol. The topological polar surface area (TPSA) is 114 Å². The second-order valence-corrected chi connectivity index (χ2v) is 6.92. The first-order valence-corrected chi connectivity index (χ1v) is 9.08. The normalized spacial score (nSPS) is 24.7. The molecule has 2 aliphatic rings. The number of nitrogens with zero attached hydrogens (tertiary/aromatic N) is 6. The Morgan fingerprint density at radius 1 is 1.15 bits per heavy atom. The zero-order valence-electron chi connectivity index (χ0n) is 15.6. The van der Waals surface area contributed by atoms with Gasteiger partial charge in [0.2, 0.25) is 17.6 Å². The Kier molecular flexibility index (Phi) is 5.42. The molecule has 144 valence electrons. The lowest BCUT2D eigenvalue weighted by Crippen LogP contribution is -2.48. The maximum atomic E-state index is 11.6. The van der Waals surface area contributed by atoms with Crippen molar-refractivity contribution >= 4 is 23.3 Å². The Bertz CT molecular complexity index is 653. The van der Waals surface area contributed by atoms with Gasteiger partial charge in [0.1, 0.15) is 0 Å². The molecule has 1 aromatic heterocycles. The Balaban J connectivity index is 1.93. The molecule has 2 atom stereocenters. The number of piperazine rings is 1. The van der Waals surface area contributed by atoms with Gasteiger partial charge in [-0.25, -0.2) is 0 Å². The summed E-state index contributed by atoms with van der Waals surface area (Å²) >= 11 is 0. The maximum absolute atomic E-state index is 11.6. The van der Waals surface area contributed by atoms with Crippen LogP contribution in [0.5, 0.6) is 0 Å². The molecule has 0 amide bonds. The van der Waals surface area contributed by atoms with Crippen molar-refractivity contribution in [2.45, 2.75) is 33.0 Å². The van der Waals surface area contributed by atoms with Crippen molar-refractivity contribution in [1.82, 2.24) is 14.9 Å². The molecule has 26 heavy (non-hydrogen) atoms. The van der Waals surface area contributed by atoms with Crippen LogP contribution < -0.4 is 15.5 Å². The van der Waals surface area contributed by atoms with Crippen LogP contribution in [0.3, 0.4) is 0 Å². The van der Waals surface area contributed by atoms with Crippen molar-refractivity contribution in [3.63, 3.8) is 0 Å². The Morgan fingerprint density at radius 3 is 2.31 bits per heavy atom. The molecular formula is C16H27N7O3. The lowest BCUT2D eigenvalue weighted by atomic mass is 10.2. The van der Waals surface area contributed by atoms with Crippen LogP contribution in [0.1, 0.15) is 20.8 Å². The van der Waals surface area contributed by atoms with E-state index in [4.69, 9.17) is 10.5 Å². The minimum absolute atomic E-state index is 0.0373. The number of nitro groups is 1. The zero-order valence-corrected chi connectivity index (χ0v) is 15.6. The number of nitrogens with two attached hydrogens (primary N) is 1. The highest BCUT2D eigenvalue weighted by molar-refractivity contribution is 5.71. The fraction of sp³-hybridized carbons (Fsp3) is 0.750. The van der Waals surface area contributed by atoms with E-state index in [1.54, 1.807) is 0 Å². The highest BCUT2D eigenvalue weighted by Crippen LogP contribution is 2.34. The SMILES string of the molecule is CCN1CCN(c2nc(N3CC(C)OC(C)C3)nc(N)c2[N+](=O)[O-])CC1. The van der Waals surface area contributed by atoms with Crippen molar-refractivity contribution in [1.29, 1.82) is 0 Å². The highest BCUT2D eigenvalue weighted by atomic mass is 16.6. The molecule has 2 unspecified atom stereocenters. The van der Waals surface area contributed by atoms with Crippen LogP contribution in [0.15, 0.2) is 0 Å². The van der Waals surface area contributed by atoms with E-state index in [0.717, 1.165) is 19.6 Å². The summed E-state index contributed by atoms with van der Waals surface area (Å²) < 4.78 is 5.75. The standard InChI is InChI=1S/C16H27N7O3/c1-4-20-5-7-21(8-6-20)15-13(23(24)25)14(17)18-16(19-15)22-9-11(2)26-12(3)10-22/h11-12H,4-10H2,1-3H3,(H2,17,18,19). The summed E-state index contributed by atoms with van der Waals surface area (Å²) in [5.74, 6) is 0.669. The van der Waals surface area contributed by atoms with Gasteiger partial charge in [-0.15, -0.1) is 0 Å². The molecule has 0 spiro atoms. The molecule has 1 aromatic rings. The highest BCUT2D eigenvalue weighted by Gasteiger charge is 2.32. The summed E-state index contributed by atoms with van der Waals surface area (Å²) in [7, 11) is 0. The average molecular weight is 365 g/mol. The molecule has 0 aliphatic carbocycles. The van der Waals surface area contributed by atoms with Gasteiger partial charge in [-0.2, -0.15) is 9.97 Å². The van der Waals surface area contributed by atoms with Crippen molar-refractivity contribution < 1.29 is 9.66 Å². The zero-order chi connectivity index (χ0) is 18.8. The molecule has 10 nitrogen and oxygen atoms in total. The van der Waals surface area contributed by atoms with Crippen LogP contribution in [-0.4, -0.2) is 77.8 Å². The molecule has 3 rings (SSSR count). The van der Waals surface area contributed by atoms with Crippen molar-refractivity contribution in [3.05, 3.63) is 10.1 Å². The molecule has 2 fully saturated rings. The molecule has 3 heterocycles. The minimum atomic E-state index is -0.481. The number of hydrogen-bond acceptors (Lipinski definition) is 9. The largest absolute Gasteiger partial charge is 0.378 e. The number of ether oxygens (including phenoxy) is 1. The quantitative estimate of drug-likeness (QED) is 0.609. The summed E-state index contributed by atoms with van der Waals surface area (Å²) in [5.41, 5.74) is 5.77. The number of aromatic nitrogens is 2. The lowest BCUT2D eigenvalue weighted by Gasteiger charge is -2.37. The summed E-state index contributed by atoms with van der Waals surface area (Å²) in [6.45, 7) is 11.4. The van der Waals surface area contributed by atoms with E-state index in [2.05, 4.69) is 21.8 Å². The molecule has 0 saturated carbocycles. The van der Waals surface area contributed by atoms with E-state index < -0.39 is 4.92 Å². The number of anilines is 3. The summed E-state index contributed by atoms with van der Waals surface area (Å²) in [6, 6.07) is 0. The third kappa shape index (κ3) is 3.80. The van der Waals surface area contributed by atoms with Gasteiger partial charge in [-0.1, -0.05) is 6.92 Å². The van der Waals surface area contributed by atoms with Crippen molar-refractivity contribution in [2.24, 2.45) is 0 Å². The molecule has 0 aromatic carbocycles. The Morgan fingerprint density at radius 2 is 1.77 bits per heavy atom. The van der Waals surface area contributed by atoms with Crippen LogP contribution in [0.25, 0.3) is 0 Å².